The molecular weight excluding hydrogens is 207 g/mol. The predicted molar refractivity (Wildman–Crippen MR) is 51.5 cm³/mol. The van der Waals surface area contributed by atoms with Crippen LogP contribution in [0.3, 0.4) is 0 Å². The molecule has 1 aliphatic carbocycles. The van der Waals surface area contributed by atoms with Gasteiger partial charge in [0.1, 0.15) is 0 Å². The maximum Gasteiger partial charge on any atom is 0.401 e. The average molecular weight is 225 g/mol. The number of hydrogen-bond acceptors (Lipinski definition) is 2. The fourth-order valence-corrected chi connectivity index (χ4v) is 2.12. The van der Waals surface area contributed by atoms with Gasteiger partial charge in [-0.3, -0.25) is 4.90 Å². The summed E-state index contributed by atoms with van der Waals surface area (Å²) in [6, 6.07) is 0. The minimum Gasteiger partial charge on any atom is -0.393 e. The van der Waals surface area contributed by atoms with E-state index in [0.29, 0.717) is 13.1 Å². The van der Waals surface area contributed by atoms with E-state index < -0.39 is 18.8 Å². The van der Waals surface area contributed by atoms with Crippen LogP contribution in [0, 0.1) is 5.92 Å². The Balaban J connectivity index is 2.39. The van der Waals surface area contributed by atoms with Crippen molar-refractivity contribution in [2.75, 3.05) is 19.6 Å². The van der Waals surface area contributed by atoms with Gasteiger partial charge < -0.3 is 5.11 Å². The molecule has 0 bridgehead atoms. The van der Waals surface area contributed by atoms with E-state index in [1.165, 1.54) is 4.90 Å². The third-order valence-corrected chi connectivity index (χ3v) is 2.96. The summed E-state index contributed by atoms with van der Waals surface area (Å²) in [4.78, 5) is 1.36. The molecule has 0 aliphatic heterocycles. The highest BCUT2D eigenvalue weighted by atomic mass is 19.4. The highest BCUT2D eigenvalue weighted by Crippen LogP contribution is 2.27. The zero-order chi connectivity index (χ0) is 11.5. The van der Waals surface area contributed by atoms with Crippen LogP contribution in [0.25, 0.3) is 0 Å². The lowest BCUT2D eigenvalue weighted by atomic mass is 10.1. The number of hydrogen-bond donors (Lipinski definition) is 1. The van der Waals surface area contributed by atoms with Crippen LogP contribution in [0.2, 0.25) is 0 Å². The van der Waals surface area contributed by atoms with E-state index in [2.05, 4.69) is 0 Å². The van der Waals surface area contributed by atoms with Crippen molar-refractivity contribution in [1.29, 1.82) is 0 Å². The molecule has 0 heterocycles. The molecule has 15 heavy (non-hydrogen) atoms. The van der Waals surface area contributed by atoms with Crippen LogP contribution in [0.15, 0.2) is 0 Å². The fourth-order valence-electron chi connectivity index (χ4n) is 2.12. The Morgan fingerprint density at radius 2 is 2.00 bits per heavy atom. The first-order valence-corrected chi connectivity index (χ1v) is 5.39. The summed E-state index contributed by atoms with van der Waals surface area (Å²) in [6.45, 7) is 1.58. The molecule has 0 aromatic heterocycles. The summed E-state index contributed by atoms with van der Waals surface area (Å²) in [7, 11) is 0. The summed E-state index contributed by atoms with van der Waals surface area (Å²) in [5.74, 6) is 0.0206. The van der Waals surface area contributed by atoms with Gasteiger partial charge in [-0.1, -0.05) is 13.3 Å². The maximum absolute atomic E-state index is 12.2. The van der Waals surface area contributed by atoms with Gasteiger partial charge in [0.15, 0.2) is 0 Å². The highest BCUT2D eigenvalue weighted by molar-refractivity contribution is 4.79. The third kappa shape index (κ3) is 4.38. The molecule has 1 N–H and O–H groups in total. The molecule has 0 saturated heterocycles. The van der Waals surface area contributed by atoms with E-state index >= 15 is 0 Å². The minimum atomic E-state index is -4.14. The maximum atomic E-state index is 12.2. The van der Waals surface area contributed by atoms with Gasteiger partial charge in [-0.05, 0) is 25.3 Å². The van der Waals surface area contributed by atoms with Gasteiger partial charge in [-0.15, -0.1) is 0 Å². The average Bonchev–Trinajstić information content (AvgIpc) is 2.48. The van der Waals surface area contributed by atoms with Crippen molar-refractivity contribution in [2.45, 2.75) is 38.5 Å². The van der Waals surface area contributed by atoms with Crippen LogP contribution in [-0.4, -0.2) is 41.9 Å². The van der Waals surface area contributed by atoms with Gasteiger partial charge in [0.25, 0.3) is 0 Å². The molecule has 1 rings (SSSR count). The minimum absolute atomic E-state index is 0.0206. The Morgan fingerprint density at radius 3 is 2.40 bits per heavy atom. The summed E-state index contributed by atoms with van der Waals surface area (Å²) in [5, 5.41) is 9.52. The van der Waals surface area contributed by atoms with Crippen molar-refractivity contribution in [3.8, 4) is 0 Å². The summed E-state index contributed by atoms with van der Waals surface area (Å²) in [6.07, 6.45) is -2.05. The van der Waals surface area contributed by atoms with Crippen molar-refractivity contribution in [1.82, 2.24) is 4.90 Å². The van der Waals surface area contributed by atoms with Crippen molar-refractivity contribution in [3.05, 3.63) is 0 Å². The second-order valence-electron chi connectivity index (χ2n) is 4.20. The Morgan fingerprint density at radius 1 is 1.33 bits per heavy atom. The van der Waals surface area contributed by atoms with Crippen molar-refractivity contribution in [2.24, 2.45) is 5.92 Å². The molecule has 2 nitrogen and oxygen atoms in total. The SMILES string of the molecule is CCN(CC1CCCC1O)CC(F)(F)F. The lowest BCUT2D eigenvalue weighted by molar-refractivity contribution is -0.147. The third-order valence-electron chi connectivity index (χ3n) is 2.96. The highest BCUT2D eigenvalue weighted by Gasteiger charge is 2.33. The fraction of sp³-hybridized carbons (Fsp3) is 1.00. The van der Waals surface area contributed by atoms with Gasteiger partial charge in [-0.25, -0.2) is 0 Å². The zero-order valence-corrected chi connectivity index (χ0v) is 8.93. The second-order valence-corrected chi connectivity index (χ2v) is 4.20. The molecule has 0 spiro atoms. The van der Waals surface area contributed by atoms with Gasteiger partial charge in [0.05, 0.1) is 12.6 Å². The first kappa shape index (κ1) is 12.8. The molecule has 1 aliphatic rings. The first-order chi connectivity index (χ1) is 6.92. The van der Waals surface area contributed by atoms with Gasteiger partial charge >= 0.3 is 6.18 Å². The number of aliphatic hydroxyl groups excluding tert-OH is 1. The van der Waals surface area contributed by atoms with E-state index in [-0.39, 0.29) is 5.92 Å². The molecule has 0 aromatic carbocycles. The van der Waals surface area contributed by atoms with E-state index in [4.69, 9.17) is 0 Å². The van der Waals surface area contributed by atoms with Crippen LogP contribution in [-0.2, 0) is 0 Å². The summed E-state index contributed by atoms with van der Waals surface area (Å²) >= 11 is 0. The zero-order valence-electron chi connectivity index (χ0n) is 8.93. The summed E-state index contributed by atoms with van der Waals surface area (Å²) < 4.78 is 36.5. The Labute approximate surface area is 88.1 Å². The number of aliphatic hydroxyl groups is 1. The molecule has 0 radical (unpaired) electrons. The lowest BCUT2D eigenvalue weighted by Crippen LogP contribution is -2.39. The molecule has 2 atom stereocenters. The van der Waals surface area contributed by atoms with Crippen molar-refractivity contribution < 1.29 is 18.3 Å². The number of nitrogens with zero attached hydrogens (tertiary/aromatic N) is 1. The van der Waals surface area contributed by atoms with E-state index in [9.17, 15) is 18.3 Å². The van der Waals surface area contributed by atoms with Crippen molar-refractivity contribution >= 4 is 0 Å². The molecule has 0 aromatic rings. The van der Waals surface area contributed by atoms with Gasteiger partial charge in [0, 0.05) is 6.54 Å². The van der Waals surface area contributed by atoms with Crippen LogP contribution in [0.1, 0.15) is 26.2 Å². The topological polar surface area (TPSA) is 23.5 Å². The number of alkyl halides is 3. The van der Waals surface area contributed by atoms with Crippen LogP contribution in [0.4, 0.5) is 13.2 Å². The normalized spacial score (nSPS) is 27.6. The molecule has 5 heteroatoms. The first-order valence-electron chi connectivity index (χ1n) is 5.39. The summed E-state index contributed by atoms with van der Waals surface area (Å²) in [5.41, 5.74) is 0. The Bertz CT molecular complexity index is 196. The quantitative estimate of drug-likeness (QED) is 0.791. The largest absolute Gasteiger partial charge is 0.401 e. The predicted octanol–water partition coefficient (Wildman–Crippen LogP) is 2.03. The Kier molecular flexibility index (Phi) is 4.40. The molecule has 1 saturated carbocycles. The number of rotatable bonds is 4. The van der Waals surface area contributed by atoms with Crippen LogP contribution < -0.4 is 0 Å². The van der Waals surface area contributed by atoms with Crippen molar-refractivity contribution in [3.63, 3.8) is 0 Å². The lowest BCUT2D eigenvalue weighted by Gasteiger charge is -2.26. The molecule has 1 fully saturated rings. The molecule has 90 valence electrons. The Hall–Kier alpha value is -0.290. The molecule has 2 unspecified atom stereocenters. The van der Waals surface area contributed by atoms with E-state index in [1.807, 2.05) is 0 Å². The van der Waals surface area contributed by atoms with Crippen LogP contribution in [0.5, 0.6) is 0 Å². The van der Waals surface area contributed by atoms with Gasteiger partial charge in [-0.2, -0.15) is 13.2 Å². The standard InChI is InChI=1S/C10H18F3NO/c1-2-14(7-10(11,12)13)6-8-4-3-5-9(8)15/h8-9,15H,2-7H2,1H3. The second kappa shape index (κ2) is 5.16. The monoisotopic (exact) mass is 225 g/mol. The number of halogens is 3. The molecular formula is C10H18F3NO. The van der Waals surface area contributed by atoms with Gasteiger partial charge in [0.2, 0.25) is 0 Å². The van der Waals surface area contributed by atoms with Crippen LogP contribution >= 0.6 is 0 Å². The van der Waals surface area contributed by atoms with E-state index in [0.717, 1.165) is 19.3 Å². The smallest absolute Gasteiger partial charge is 0.393 e. The van der Waals surface area contributed by atoms with E-state index in [1.54, 1.807) is 6.92 Å². The molecule has 0 amide bonds.